The first-order valence-corrected chi connectivity index (χ1v) is 9.90. The molecule has 3 aromatic rings. The fourth-order valence-corrected chi connectivity index (χ4v) is 3.24. The Labute approximate surface area is 175 Å². The molecule has 0 aliphatic heterocycles. The van der Waals surface area contributed by atoms with E-state index in [2.05, 4.69) is 36.5 Å². The van der Waals surface area contributed by atoms with Crippen molar-refractivity contribution < 1.29 is 4.79 Å². The zero-order valence-electron chi connectivity index (χ0n) is 14.8. The van der Waals surface area contributed by atoms with E-state index in [1.807, 2.05) is 18.5 Å². The van der Waals surface area contributed by atoms with E-state index in [1.54, 1.807) is 24.3 Å². The molecule has 0 aliphatic carbocycles. The number of aromatic nitrogens is 4. The third-order valence-corrected chi connectivity index (χ3v) is 6.05. The van der Waals surface area contributed by atoms with Crippen LogP contribution in [-0.4, -0.2) is 32.4 Å². The fraction of sp³-hybridized carbons (Fsp3) is 0.278. The van der Waals surface area contributed by atoms with E-state index in [-0.39, 0.29) is 5.91 Å². The van der Waals surface area contributed by atoms with Crippen LogP contribution >= 0.6 is 39.1 Å². The van der Waals surface area contributed by atoms with Gasteiger partial charge < -0.3 is 5.32 Å². The van der Waals surface area contributed by atoms with E-state index < -0.39 is 0 Å². The molecule has 3 rings (SSSR count). The topological polar surface area (TPSA) is 75.6 Å². The maximum Gasteiger partial charge on any atom is 0.269 e. The molecule has 0 radical (unpaired) electrons. The van der Waals surface area contributed by atoms with Gasteiger partial charge in [-0.15, -0.1) is 0 Å². The van der Waals surface area contributed by atoms with Crippen molar-refractivity contribution in [2.45, 2.75) is 26.8 Å². The molecular weight excluding hydrogens is 453 g/mol. The number of nitrogens with one attached hydrogen (secondary N) is 2. The molecular formula is C18H18BrCl2N5O. The molecule has 142 valence electrons. The fourth-order valence-electron chi connectivity index (χ4n) is 2.66. The van der Waals surface area contributed by atoms with Crippen molar-refractivity contribution >= 4 is 45.0 Å². The molecule has 27 heavy (non-hydrogen) atoms. The first-order chi connectivity index (χ1) is 12.9. The van der Waals surface area contributed by atoms with Gasteiger partial charge in [0.25, 0.3) is 5.91 Å². The molecule has 0 atom stereocenters. The van der Waals surface area contributed by atoms with E-state index in [1.165, 1.54) is 0 Å². The highest BCUT2D eigenvalue weighted by Crippen LogP contribution is 2.27. The number of benzene rings is 1. The smallest absolute Gasteiger partial charge is 0.269 e. The minimum atomic E-state index is -0.205. The molecule has 2 N–H and O–H groups in total. The Morgan fingerprint density at radius 2 is 2.04 bits per heavy atom. The number of rotatable bonds is 6. The Bertz CT molecular complexity index is 982. The monoisotopic (exact) mass is 469 g/mol. The summed E-state index contributed by atoms with van der Waals surface area (Å²) in [7, 11) is 0. The first-order valence-electron chi connectivity index (χ1n) is 8.35. The second kappa shape index (κ2) is 8.46. The van der Waals surface area contributed by atoms with E-state index in [9.17, 15) is 4.79 Å². The number of nitrogens with zero attached hydrogens (tertiary/aromatic N) is 3. The Hall–Kier alpha value is -1.83. The quantitative estimate of drug-likeness (QED) is 0.509. The number of halogens is 3. The van der Waals surface area contributed by atoms with Gasteiger partial charge in [0, 0.05) is 24.3 Å². The molecule has 2 aromatic heterocycles. The summed E-state index contributed by atoms with van der Waals surface area (Å²) in [4.78, 5) is 12.3. The average Bonchev–Trinajstić information content (AvgIpc) is 3.23. The second-order valence-corrected chi connectivity index (χ2v) is 7.72. The molecule has 9 heteroatoms. The van der Waals surface area contributed by atoms with Crippen LogP contribution in [0.15, 0.2) is 28.7 Å². The van der Waals surface area contributed by atoms with Gasteiger partial charge in [-0.1, -0.05) is 29.3 Å². The molecule has 0 unspecified atom stereocenters. The Kier molecular flexibility index (Phi) is 6.24. The summed E-state index contributed by atoms with van der Waals surface area (Å²) in [5, 5.41) is 15.2. The SMILES string of the molecule is Cc1nn(CCCNC(=O)c2cc(-c3ccc(Cl)c(Cl)c3)n[nH]2)c(C)c1Br. The summed E-state index contributed by atoms with van der Waals surface area (Å²) in [6.45, 7) is 5.24. The normalized spacial score (nSPS) is 11.0. The van der Waals surface area contributed by atoms with Gasteiger partial charge in [-0.2, -0.15) is 10.2 Å². The lowest BCUT2D eigenvalue weighted by Gasteiger charge is -2.05. The number of amides is 1. The van der Waals surface area contributed by atoms with Crippen LogP contribution in [-0.2, 0) is 6.54 Å². The number of carbonyl (C=O) groups excluding carboxylic acids is 1. The van der Waals surface area contributed by atoms with Crippen molar-refractivity contribution in [3.63, 3.8) is 0 Å². The largest absolute Gasteiger partial charge is 0.351 e. The summed E-state index contributed by atoms with van der Waals surface area (Å²) in [6, 6.07) is 6.91. The van der Waals surface area contributed by atoms with Gasteiger partial charge >= 0.3 is 0 Å². The standard InChI is InChI=1S/C18H18BrCl2N5O/c1-10-17(19)11(2)26(25-10)7-3-6-22-18(27)16-9-15(23-24-16)12-4-5-13(20)14(21)8-12/h4-5,8-9H,3,6-7H2,1-2H3,(H,22,27)(H,23,24). The van der Waals surface area contributed by atoms with Gasteiger partial charge in [0.05, 0.1) is 25.9 Å². The summed E-state index contributed by atoms with van der Waals surface area (Å²) in [5.74, 6) is -0.205. The molecule has 0 fully saturated rings. The molecule has 0 bridgehead atoms. The van der Waals surface area contributed by atoms with Crippen molar-refractivity contribution in [1.29, 1.82) is 0 Å². The van der Waals surface area contributed by atoms with E-state index in [4.69, 9.17) is 23.2 Å². The number of hydrogen-bond donors (Lipinski definition) is 2. The summed E-state index contributed by atoms with van der Waals surface area (Å²) in [5.41, 5.74) is 3.86. The van der Waals surface area contributed by atoms with E-state index in [0.717, 1.165) is 34.4 Å². The van der Waals surface area contributed by atoms with Crippen molar-refractivity contribution in [2.24, 2.45) is 0 Å². The van der Waals surface area contributed by atoms with E-state index in [0.29, 0.717) is 28.0 Å². The third kappa shape index (κ3) is 4.54. The van der Waals surface area contributed by atoms with Crippen molar-refractivity contribution in [2.75, 3.05) is 6.54 Å². The van der Waals surface area contributed by atoms with Gasteiger partial charge in [0.1, 0.15) is 5.69 Å². The van der Waals surface area contributed by atoms with Gasteiger partial charge in [-0.25, -0.2) is 0 Å². The Morgan fingerprint density at radius 1 is 1.26 bits per heavy atom. The van der Waals surface area contributed by atoms with Crippen LogP contribution in [0.5, 0.6) is 0 Å². The Morgan fingerprint density at radius 3 is 2.70 bits per heavy atom. The molecule has 0 saturated carbocycles. The van der Waals surface area contributed by atoms with Gasteiger partial charge in [0.15, 0.2) is 0 Å². The van der Waals surface area contributed by atoms with Crippen LogP contribution in [0.1, 0.15) is 28.3 Å². The number of H-pyrrole nitrogens is 1. The predicted molar refractivity (Wildman–Crippen MR) is 110 cm³/mol. The average molecular weight is 471 g/mol. The lowest BCUT2D eigenvalue weighted by atomic mass is 10.1. The minimum Gasteiger partial charge on any atom is -0.351 e. The zero-order valence-corrected chi connectivity index (χ0v) is 17.9. The van der Waals surface area contributed by atoms with Gasteiger partial charge in [-0.05, 0) is 54.4 Å². The highest BCUT2D eigenvalue weighted by molar-refractivity contribution is 9.10. The maximum atomic E-state index is 12.3. The van der Waals surface area contributed by atoms with Crippen LogP contribution in [0.2, 0.25) is 10.0 Å². The van der Waals surface area contributed by atoms with Crippen molar-refractivity contribution in [3.8, 4) is 11.3 Å². The molecule has 6 nitrogen and oxygen atoms in total. The summed E-state index contributed by atoms with van der Waals surface area (Å²) in [6.07, 6.45) is 0.772. The van der Waals surface area contributed by atoms with Gasteiger partial charge in [-0.3, -0.25) is 14.6 Å². The third-order valence-electron chi connectivity index (χ3n) is 4.16. The van der Waals surface area contributed by atoms with Crippen LogP contribution in [0.3, 0.4) is 0 Å². The van der Waals surface area contributed by atoms with Crippen molar-refractivity contribution in [3.05, 3.63) is 55.9 Å². The second-order valence-electron chi connectivity index (χ2n) is 6.11. The first kappa shape index (κ1) is 19.9. The molecule has 0 aliphatic rings. The number of aryl methyl sites for hydroxylation is 2. The molecule has 2 heterocycles. The number of hydrogen-bond acceptors (Lipinski definition) is 3. The summed E-state index contributed by atoms with van der Waals surface area (Å²) < 4.78 is 2.96. The lowest BCUT2D eigenvalue weighted by molar-refractivity contribution is 0.0947. The summed E-state index contributed by atoms with van der Waals surface area (Å²) >= 11 is 15.5. The highest BCUT2D eigenvalue weighted by Gasteiger charge is 2.12. The van der Waals surface area contributed by atoms with Crippen LogP contribution < -0.4 is 5.32 Å². The predicted octanol–water partition coefficient (Wildman–Crippen LogP) is 4.78. The van der Waals surface area contributed by atoms with E-state index >= 15 is 0 Å². The van der Waals surface area contributed by atoms with Crippen LogP contribution in [0, 0.1) is 13.8 Å². The lowest BCUT2D eigenvalue weighted by Crippen LogP contribution is -2.25. The van der Waals surface area contributed by atoms with Crippen molar-refractivity contribution in [1.82, 2.24) is 25.3 Å². The zero-order chi connectivity index (χ0) is 19.6. The maximum absolute atomic E-state index is 12.3. The highest BCUT2D eigenvalue weighted by atomic mass is 79.9. The Balaban J connectivity index is 1.55. The van der Waals surface area contributed by atoms with Crippen LogP contribution in [0.4, 0.5) is 0 Å². The molecule has 1 aromatic carbocycles. The number of aromatic amines is 1. The van der Waals surface area contributed by atoms with Crippen LogP contribution in [0.25, 0.3) is 11.3 Å². The molecule has 1 amide bonds. The molecule has 0 spiro atoms. The van der Waals surface area contributed by atoms with Gasteiger partial charge in [0.2, 0.25) is 0 Å². The molecule has 0 saturated heterocycles. The number of carbonyl (C=O) groups is 1. The minimum absolute atomic E-state index is 0.205.